The third-order valence-electron chi connectivity index (χ3n) is 3.15. The first-order valence-corrected chi connectivity index (χ1v) is 7.78. The van der Waals surface area contributed by atoms with E-state index in [1.165, 1.54) is 11.3 Å². The molecule has 1 fully saturated rings. The minimum Gasteiger partial charge on any atom is -0.397 e. The molecule has 0 atom stereocenters. The van der Waals surface area contributed by atoms with Crippen LogP contribution < -0.4 is 16.0 Å². The van der Waals surface area contributed by atoms with Crippen LogP contribution in [0.15, 0.2) is 6.07 Å². The van der Waals surface area contributed by atoms with Crippen LogP contribution in [0.3, 0.4) is 0 Å². The number of hydrogen-bond acceptors (Lipinski definition) is 4. The van der Waals surface area contributed by atoms with Crippen molar-refractivity contribution >= 4 is 27.9 Å². The van der Waals surface area contributed by atoms with Crippen LogP contribution in [0.1, 0.15) is 43.3 Å². The Kier molecular flexibility index (Phi) is 4.34. The number of hydrogen-bond donors (Lipinski definition) is 2. The van der Waals surface area contributed by atoms with Crippen LogP contribution in [0.2, 0.25) is 0 Å². The van der Waals surface area contributed by atoms with Crippen LogP contribution in [0, 0.1) is 5.92 Å². The summed E-state index contributed by atoms with van der Waals surface area (Å²) in [5.41, 5.74) is 6.58. The number of rotatable bonds is 6. The molecule has 0 bridgehead atoms. The molecule has 1 amide bonds. The van der Waals surface area contributed by atoms with Crippen LogP contribution >= 0.6 is 11.3 Å². The van der Waals surface area contributed by atoms with Crippen LogP contribution in [-0.2, 0) is 0 Å². The predicted molar refractivity (Wildman–Crippen MR) is 81.9 cm³/mol. The van der Waals surface area contributed by atoms with Gasteiger partial charge < -0.3 is 16.0 Å². The number of nitrogens with two attached hydrogens (primary N) is 1. The van der Waals surface area contributed by atoms with Crippen LogP contribution in [0.25, 0.3) is 0 Å². The lowest BCUT2D eigenvalue weighted by atomic mass is 10.2. The van der Waals surface area contributed by atoms with E-state index in [2.05, 4.69) is 31.0 Å². The van der Waals surface area contributed by atoms with Gasteiger partial charge in [-0.2, -0.15) is 0 Å². The van der Waals surface area contributed by atoms with Gasteiger partial charge in [0.15, 0.2) is 0 Å². The summed E-state index contributed by atoms with van der Waals surface area (Å²) in [7, 11) is 0. The second kappa shape index (κ2) is 5.82. The summed E-state index contributed by atoms with van der Waals surface area (Å²) in [6.45, 7) is 8.44. The van der Waals surface area contributed by atoms with Crippen molar-refractivity contribution in [1.82, 2.24) is 5.32 Å². The summed E-state index contributed by atoms with van der Waals surface area (Å²) in [4.78, 5) is 15.0. The van der Waals surface area contributed by atoms with Crippen LogP contribution in [-0.4, -0.2) is 25.0 Å². The van der Waals surface area contributed by atoms with Gasteiger partial charge in [0.2, 0.25) is 0 Å². The van der Waals surface area contributed by atoms with Crippen molar-refractivity contribution < 1.29 is 4.79 Å². The summed E-state index contributed by atoms with van der Waals surface area (Å²) in [6, 6.07) is 2.30. The predicted octanol–water partition coefficient (Wildman–Crippen LogP) is 2.70. The van der Waals surface area contributed by atoms with Gasteiger partial charge in [0.05, 0.1) is 10.7 Å². The van der Waals surface area contributed by atoms with Gasteiger partial charge in [-0.3, -0.25) is 4.79 Å². The number of anilines is 2. The van der Waals surface area contributed by atoms with E-state index in [0.29, 0.717) is 22.5 Å². The van der Waals surface area contributed by atoms with Gasteiger partial charge in [0, 0.05) is 19.1 Å². The molecule has 0 unspecified atom stereocenters. The van der Waals surface area contributed by atoms with Gasteiger partial charge in [-0.15, -0.1) is 11.3 Å². The van der Waals surface area contributed by atoms with Crippen molar-refractivity contribution in [3.63, 3.8) is 0 Å². The van der Waals surface area contributed by atoms with Crippen molar-refractivity contribution in [1.29, 1.82) is 0 Å². The number of nitrogens with zero attached hydrogens (tertiary/aromatic N) is 1. The van der Waals surface area contributed by atoms with Gasteiger partial charge in [-0.1, -0.05) is 13.8 Å². The van der Waals surface area contributed by atoms with Crippen LogP contribution in [0.5, 0.6) is 0 Å². The van der Waals surface area contributed by atoms with Gasteiger partial charge >= 0.3 is 0 Å². The zero-order valence-electron chi connectivity index (χ0n) is 11.9. The number of thiophene rings is 1. The SMILES string of the molecule is CCN(CC(C)C)c1cc(N)c(C(=O)NC2CC2)s1. The highest BCUT2D eigenvalue weighted by Crippen LogP contribution is 2.33. The number of nitrogen functional groups attached to an aromatic ring is 1. The molecule has 19 heavy (non-hydrogen) atoms. The molecule has 0 saturated heterocycles. The van der Waals surface area contributed by atoms with Gasteiger partial charge in [-0.05, 0) is 31.7 Å². The molecule has 1 aliphatic carbocycles. The molecule has 2 rings (SSSR count). The molecule has 0 aliphatic heterocycles. The van der Waals surface area contributed by atoms with E-state index in [9.17, 15) is 4.79 Å². The molecule has 1 heterocycles. The van der Waals surface area contributed by atoms with Crippen molar-refractivity contribution in [3.05, 3.63) is 10.9 Å². The number of amides is 1. The Morgan fingerprint density at radius 1 is 1.58 bits per heavy atom. The van der Waals surface area contributed by atoms with Crippen molar-refractivity contribution in [2.75, 3.05) is 23.7 Å². The fraction of sp³-hybridized carbons (Fsp3) is 0.643. The monoisotopic (exact) mass is 281 g/mol. The second-order valence-corrected chi connectivity index (χ2v) is 6.58. The van der Waals surface area contributed by atoms with E-state index >= 15 is 0 Å². The topological polar surface area (TPSA) is 58.4 Å². The summed E-state index contributed by atoms with van der Waals surface area (Å²) < 4.78 is 0. The first-order valence-electron chi connectivity index (χ1n) is 6.96. The molecule has 0 spiro atoms. The average molecular weight is 281 g/mol. The van der Waals surface area contributed by atoms with E-state index < -0.39 is 0 Å². The van der Waals surface area contributed by atoms with Crippen LogP contribution in [0.4, 0.5) is 10.7 Å². The van der Waals surface area contributed by atoms with Crippen molar-refractivity contribution in [3.8, 4) is 0 Å². The Morgan fingerprint density at radius 3 is 2.79 bits per heavy atom. The molecule has 1 aromatic rings. The number of nitrogens with one attached hydrogen (secondary N) is 1. The Bertz CT molecular complexity index is 452. The number of carbonyl (C=O) groups is 1. The standard InChI is InChI=1S/C14H23N3OS/c1-4-17(8-9(2)3)12-7-11(15)13(19-12)14(18)16-10-5-6-10/h7,9-10H,4-6,8,15H2,1-3H3,(H,16,18). The molecule has 0 aromatic carbocycles. The highest BCUT2D eigenvalue weighted by molar-refractivity contribution is 7.18. The van der Waals surface area contributed by atoms with E-state index in [1.54, 1.807) is 0 Å². The maximum atomic E-state index is 12.1. The minimum absolute atomic E-state index is 0.0168. The highest BCUT2D eigenvalue weighted by atomic mass is 32.1. The fourth-order valence-corrected chi connectivity index (χ4v) is 3.08. The normalized spacial score (nSPS) is 14.7. The van der Waals surface area contributed by atoms with E-state index in [4.69, 9.17) is 5.73 Å². The van der Waals surface area contributed by atoms with Gasteiger partial charge in [-0.25, -0.2) is 0 Å². The molecule has 4 nitrogen and oxygen atoms in total. The maximum absolute atomic E-state index is 12.1. The molecular formula is C14H23N3OS. The Balaban J connectivity index is 2.11. The molecule has 106 valence electrons. The Morgan fingerprint density at radius 2 is 2.26 bits per heavy atom. The zero-order valence-corrected chi connectivity index (χ0v) is 12.7. The molecule has 1 saturated carbocycles. The zero-order chi connectivity index (χ0) is 14.0. The molecule has 0 radical (unpaired) electrons. The Hall–Kier alpha value is -1.23. The summed E-state index contributed by atoms with van der Waals surface area (Å²) in [6.07, 6.45) is 2.19. The third-order valence-corrected chi connectivity index (χ3v) is 4.36. The lowest BCUT2D eigenvalue weighted by Crippen LogP contribution is -2.26. The lowest BCUT2D eigenvalue weighted by Gasteiger charge is -2.23. The largest absolute Gasteiger partial charge is 0.397 e. The van der Waals surface area contributed by atoms with Crippen molar-refractivity contribution in [2.24, 2.45) is 5.92 Å². The highest BCUT2D eigenvalue weighted by Gasteiger charge is 2.26. The lowest BCUT2D eigenvalue weighted by molar-refractivity contribution is 0.0956. The smallest absolute Gasteiger partial charge is 0.263 e. The summed E-state index contributed by atoms with van der Waals surface area (Å²) in [5.74, 6) is 0.573. The molecule has 1 aromatic heterocycles. The molecule has 3 N–H and O–H groups in total. The second-order valence-electron chi connectivity index (χ2n) is 5.55. The third kappa shape index (κ3) is 3.62. The average Bonchev–Trinajstić information content (AvgIpc) is 3.06. The minimum atomic E-state index is -0.0168. The van der Waals surface area contributed by atoms with Crippen molar-refractivity contribution in [2.45, 2.75) is 39.7 Å². The Labute approximate surface area is 119 Å². The summed E-state index contributed by atoms with van der Waals surface area (Å²) in [5, 5.41) is 4.09. The molecule has 5 heteroatoms. The fourth-order valence-electron chi connectivity index (χ4n) is 2.02. The van der Waals surface area contributed by atoms with Gasteiger partial charge in [0.1, 0.15) is 4.88 Å². The molecule has 1 aliphatic rings. The maximum Gasteiger partial charge on any atom is 0.263 e. The van der Waals surface area contributed by atoms with E-state index in [-0.39, 0.29) is 5.91 Å². The molecular weight excluding hydrogens is 258 g/mol. The van der Waals surface area contributed by atoms with Gasteiger partial charge in [0.25, 0.3) is 5.91 Å². The first-order chi connectivity index (χ1) is 9.01. The number of carbonyl (C=O) groups excluding carboxylic acids is 1. The first kappa shape index (κ1) is 14.2. The van der Waals surface area contributed by atoms with E-state index in [1.807, 2.05) is 6.07 Å². The summed E-state index contributed by atoms with van der Waals surface area (Å²) >= 11 is 1.50. The van der Waals surface area contributed by atoms with E-state index in [0.717, 1.165) is 30.9 Å². The quantitative estimate of drug-likeness (QED) is 0.843.